The summed E-state index contributed by atoms with van der Waals surface area (Å²) in [6, 6.07) is 0. The Morgan fingerprint density at radius 3 is 3.00 bits per heavy atom. The molecule has 0 aliphatic rings. The maximum Gasteiger partial charge on any atom is 0.118 e. The lowest BCUT2D eigenvalue weighted by Crippen LogP contribution is -2.02. The van der Waals surface area contributed by atoms with Crippen LogP contribution in [0.25, 0.3) is 0 Å². The second kappa shape index (κ2) is 2.92. The molecule has 0 amide bonds. The Bertz CT molecular complexity index is 17.1. The molecule has 0 radical (unpaired) electrons. The number of rotatable bonds is 2. The van der Waals surface area contributed by atoms with E-state index < -0.39 is 0 Å². The molecule has 0 saturated carbocycles. The predicted octanol–water partition coefficient (Wildman–Crippen LogP) is -1.06. The quantitative estimate of drug-likeness (QED) is 0.429. The molecule has 2 heteroatoms. The molecule has 4 heavy (non-hydrogen) atoms. The molecule has 3 N–H and O–H groups in total. The molecule has 2 nitrogen and oxygen atoms in total. The molecular weight excluding hydrogens is 54.0 g/mol. The summed E-state index contributed by atoms with van der Waals surface area (Å²) in [7, 11) is 0. The third-order valence-corrected chi connectivity index (χ3v) is 0.112. The Balaban J connectivity index is 2.19. The van der Waals surface area contributed by atoms with Crippen molar-refractivity contribution < 1.29 is 6.52 Å². The molecule has 0 atom stereocenters. The fraction of sp³-hybridized carbons (Fsp3) is 1.00. The Morgan fingerprint density at radius 1 is 2.25 bits per heavy atom. The van der Waals surface area contributed by atoms with Gasteiger partial charge < -0.3 is 10.8 Å². The van der Waals surface area contributed by atoms with Crippen molar-refractivity contribution in [3.63, 3.8) is 0 Å². The van der Waals surface area contributed by atoms with Crippen LogP contribution in [0.1, 0.15) is 0 Å². The van der Waals surface area contributed by atoms with E-state index in [9.17, 15) is 0 Å². The lowest BCUT2D eigenvalue weighted by molar-refractivity contribution is 0.306. The average molecular weight is 63.1 g/mol. The standard InChI is InChI=1S/C2H7NO/c3-1-2-4/h4H,1-3H2/i/hT. The first-order chi connectivity index (χ1) is 2.41. The molecule has 0 aromatic carbocycles. The normalized spacial score (nSPS) is 10.8. The van der Waals surface area contributed by atoms with Crippen molar-refractivity contribution in [1.29, 1.82) is 0 Å². The largest absolute Gasteiger partial charge is 0.395 e. The van der Waals surface area contributed by atoms with E-state index in [4.69, 9.17) is 6.52 Å². The summed E-state index contributed by atoms with van der Waals surface area (Å²) in [4.78, 5) is 0. The van der Waals surface area contributed by atoms with Crippen LogP contribution in [0.4, 0.5) is 0 Å². The van der Waals surface area contributed by atoms with E-state index in [2.05, 4.69) is 0 Å². The second-order valence-corrected chi connectivity index (χ2v) is 0.474. The molecule has 0 rings (SSSR count). The summed E-state index contributed by atoms with van der Waals surface area (Å²) < 4.78 is 6.19. The van der Waals surface area contributed by atoms with E-state index in [0.29, 0.717) is 6.54 Å². The van der Waals surface area contributed by atoms with Crippen molar-refractivity contribution in [2.24, 2.45) is 5.73 Å². The molecule has 0 bridgehead atoms. The fourth-order valence-corrected chi connectivity index (χ4v) is 0. The maximum absolute atomic E-state index is 7.88. The minimum absolute atomic E-state index is 0.0451. The van der Waals surface area contributed by atoms with Gasteiger partial charge in [-0.3, -0.25) is 0 Å². The van der Waals surface area contributed by atoms with E-state index in [-0.39, 0.29) is 6.61 Å². The second-order valence-electron chi connectivity index (χ2n) is 0.474. The van der Waals surface area contributed by atoms with Gasteiger partial charge in [-0.2, -0.15) is 0 Å². The summed E-state index contributed by atoms with van der Waals surface area (Å²) >= 11 is 0. The van der Waals surface area contributed by atoms with Crippen LogP contribution in [0.15, 0.2) is 0 Å². The Kier molecular flexibility index (Phi) is 1.59. The summed E-state index contributed by atoms with van der Waals surface area (Å²) in [6.07, 6.45) is 0. The van der Waals surface area contributed by atoms with Crippen LogP contribution in [0.3, 0.4) is 0 Å². The SMILES string of the molecule is [3H]NCCO. The van der Waals surface area contributed by atoms with Crippen molar-refractivity contribution in [2.75, 3.05) is 13.2 Å². The van der Waals surface area contributed by atoms with Gasteiger partial charge in [0, 0.05) is 6.54 Å². The molecule has 0 unspecified atom stereocenters. The number of hydrogen-bond acceptors (Lipinski definition) is 2. The van der Waals surface area contributed by atoms with Crippen LogP contribution in [-0.4, -0.2) is 18.3 Å². The molecule has 0 heterocycles. The molecule has 0 aliphatic carbocycles. The van der Waals surface area contributed by atoms with Crippen molar-refractivity contribution in [3.8, 4) is 0 Å². The topological polar surface area (TPSA) is 46.2 Å². The molecule has 26 valence electrons. The smallest absolute Gasteiger partial charge is 0.118 e. The number of nitrogens with two attached hydrogens (primary N) is 1. The van der Waals surface area contributed by atoms with Gasteiger partial charge in [0.15, 0.2) is 0 Å². The van der Waals surface area contributed by atoms with Gasteiger partial charge in [-0.25, -0.2) is 0 Å². The van der Waals surface area contributed by atoms with Crippen molar-refractivity contribution >= 4 is 0 Å². The van der Waals surface area contributed by atoms with E-state index in [1.165, 1.54) is 0 Å². The van der Waals surface area contributed by atoms with Crippen molar-refractivity contribution in [3.05, 3.63) is 0 Å². The average Bonchev–Trinajstić information content (AvgIpc) is 1.41. The third-order valence-electron chi connectivity index (χ3n) is 0.112. The lowest BCUT2D eigenvalue weighted by Gasteiger charge is -1.71. The van der Waals surface area contributed by atoms with Crippen LogP contribution in [-0.2, 0) is 0 Å². The van der Waals surface area contributed by atoms with Gasteiger partial charge in [-0.1, -0.05) is 0 Å². The van der Waals surface area contributed by atoms with Gasteiger partial charge in [0.05, 0.1) is 6.61 Å². The van der Waals surface area contributed by atoms with Gasteiger partial charge in [0.2, 0.25) is 0 Å². The van der Waals surface area contributed by atoms with Crippen molar-refractivity contribution in [2.45, 2.75) is 0 Å². The van der Waals surface area contributed by atoms with E-state index >= 15 is 0 Å². The summed E-state index contributed by atoms with van der Waals surface area (Å²) in [5, 5.41) is 7.88. The highest BCUT2D eigenvalue weighted by Gasteiger charge is 1.56. The Labute approximate surface area is 26.7 Å². The zero-order chi connectivity index (χ0) is 4.12. The number of aliphatic hydroxyl groups excluding tert-OH is 1. The summed E-state index contributed by atoms with van der Waals surface area (Å²) in [5.74, 6) is 0. The van der Waals surface area contributed by atoms with Gasteiger partial charge >= 0.3 is 0 Å². The molecule has 0 fully saturated rings. The van der Waals surface area contributed by atoms with Crippen LogP contribution in [0.5, 0.6) is 0 Å². The minimum atomic E-state index is 0.0451. The van der Waals surface area contributed by atoms with E-state index in [1.54, 1.807) is 0 Å². The van der Waals surface area contributed by atoms with Gasteiger partial charge in [-0.15, -0.1) is 0 Å². The van der Waals surface area contributed by atoms with Gasteiger partial charge in [0.25, 0.3) is 0 Å². The number of aliphatic hydroxyl groups is 1. The molecular formula is C2H7NO. The minimum Gasteiger partial charge on any atom is -0.395 e. The summed E-state index contributed by atoms with van der Waals surface area (Å²) in [5.41, 5.74) is 2.02. The zero-order valence-electron chi connectivity index (χ0n) is 3.36. The first kappa shape index (κ1) is 2.18. The van der Waals surface area contributed by atoms with Gasteiger partial charge in [-0.05, 0) is 0 Å². The molecule has 0 aliphatic heterocycles. The Hall–Kier alpha value is -0.0800. The monoisotopic (exact) mass is 63.1 g/mol. The van der Waals surface area contributed by atoms with Crippen LogP contribution in [0.2, 0.25) is 1.41 Å². The van der Waals surface area contributed by atoms with Crippen LogP contribution < -0.4 is 5.73 Å². The first-order valence-electron chi connectivity index (χ1n) is 1.67. The number of hydrogen-bond donors (Lipinski definition) is 2. The van der Waals surface area contributed by atoms with Crippen LogP contribution >= 0.6 is 0 Å². The molecule has 0 saturated heterocycles. The van der Waals surface area contributed by atoms with Gasteiger partial charge in [0.1, 0.15) is 1.41 Å². The Morgan fingerprint density at radius 2 is 3.00 bits per heavy atom. The highest BCUT2D eigenvalue weighted by molar-refractivity contribution is 4.17. The highest BCUT2D eigenvalue weighted by atomic mass is 16.3. The zero-order valence-corrected chi connectivity index (χ0v) is 2.36. The molecule has 0 aromatic rings. The predicted molar refractivity (Wildman–Crippen MR) is 16.1 cm³/mol. The van der Waals surface area contributed by atoms with E-state index in [1.807, 2.05) is 5.73 Å². The third kappa shape index (κ3) is 1.92. The van der Waals surface area contributed by atoms with E-state index in [0.717, 1.165) is 0 Å². The highest BCUT2D eigenvalue weighted by Crippen LogP contribution is 1.33. The lowest BCUT2D eigenvalue weighted by atomic mass is 10.8. The van der Waals surface area contributed by atoms with Crippen molar-refractivity contribution in [1.82, 2.24) is 0 Å². The maximum atomic E-state index is 7.88. The molecule has 0 aromatic heterocycles. The summed E-state index contributed by atoms with van der Waals surface area (Å²) in [6.45, 7) is 0.406. The fourth-order valence-electron chi connectivity index (χ4n) is 0. The van der Waals surface area contributed by atoms with Crippen LogP contribution in [0, 0.1) is 0 Å². The first-order valence-corrected chi connectivity index (χ1v) is 1.17. The molecule has 0 spiro atoms.